The summed E-state index contributed by atoms with van der Waals surface area (Å²) in [5, 5.41) is 2.53. The molecule has 0 unspecified atom stereocenters. The zero-order chi connectivity index (χ0) is 16.9. The van der Waals surface area contributed by atoms with Gasteiger partial charge in [0.2, 0.25) is 11.8 Å². The van der Waals surface area contributed by atoms with Gasteiger partial charge in [-0.3, -0.25) is 9.59 Å². The number of halogens is 3. The summed E-state index contributed by atoms with van der Waals surface area (Å²) in [7, 11) is 0. The fourth-order valence-electron chi connectivity index (χ4n) is 2.61. The second kappa shape index (κ2) is 7.48. The molecule has 0 radical (unpaired) electrons. The maximum atomic E-state index is 12.3. The molecule has 1 heterocycles. The van der Waals surface area contributed by atoms with Gasteiger partial charge in [-0.25, -0.2) is 0 Å². The summed E-state index contributed by atoms with van der Waals surface area (Å²) in [5.41, 5.74) is 1.12. The molecule has 0 aliphatic carbocycles. The third kappa shape index (κ3) is 5.58. The molecule has 0 bridgehead atoms. The number of alkyl halides is 3. The van der Waals surface area contributed by atoms with E-state index in [1.54, 1.807) is 0 Å². The number of hydrogen-bond acceptors (Lipinski definition) is 2. The van der Waals surface area contributed by atoms with Gasteiger partial charge in [-0.15, -0.1) is 0 Å². The van der Waals surface area contributed by atoms with Gasteiger partial charge < -0.3 is 10.2 Å². The lowest BCUT2D eigenvalue weighted by Crippen LogP contribution is -2.43. The van der Waals surface area contributed by atoms with Gasteiger partial charge in [0.05, 0.1) is 0 Å². The van der Waals surface area contributed by atoms with E-state index in [9.17, 15) is 22.8 Å². The molecule has 0 spiro atoms. The zero-order valence-electron chi connectivity index (χ0n) is 12.6. The molecule has 1 saturated heterocycles. The third-order valence-corrected chi connectivity index (χ3v) is 3.71. The summed E-state index contributed by atoms with van der Waals surface area (Å²) in [6.45, 7) is -1.24. The number of carbonyl (C=O) groups excluding carboxylic acids is 2. The van der Waals surface area contributed by atoms with Crippen LogP contribution < -0.4 is 5.32 Å². The molecule has 1 aromatic carbocycles. The van der Waals surface area contributed by atoms with Crippen LogP contribution in [0.4, 0.5) is 13.2 Å². The average molecular weight is 328 g/mol. The summed E-state index contributed by atoms with van der Waals surface area (Å²) in [6.07, 6.45) is -2.57. The van der Waals surface area contributed by atoms with E-state index < -0.39 is 24.7 Å². The topological polar surface area (TPSA) is 49.4 Å². The van der Waals surface area contributed by atoms with Crippen LogP contribution in [0.15, 0.2) is 30.3 Å². The Balaban J connectivity index is 1.72. The van der Waals surface area contributed by atoms with Gasteiger partial charge in [-0.1, -0.05) is 30.3 Å². The second-order valence-electron chi connectivity index (χ2n) is 5.62. The summed E-state index contributed by atoms with van der Waals surface area (Å²) < 4.78 is 37.0. The van der Waals surface area contributed by atoms with Crippen LogP contribution in [0.5, 0.6) is 0 Å². The van der Waals surface area contributed by atoms with Crippen molar-refractivity contribution in [1.29, 1.82) is 0 Å². The minimum atomic E-state index is -4.41. The summed E-state index contributed by atoms with van der Waals surface area (Å²) in [5.74, 6) is -0.952. The Kier molecular flexibility index (Phi) is 5.63. The average Bonchev–Trinajstić information content (AvgIpc) is 2.80. The Bertz CT molecular complexity index is 546. The van der Waals surface area contributed by atoms with Crippen molar-refractivity contribution in [2.45, 2.75) is 37.9 Å². The Morgan fingerprint density at radius 2 is 1.96 bits per heavy atom. The van der Waals surface area contributed by atoms with Crippen molar-refractivity contribution in [3.8, 4) is 0 Å². The van der Waals surface area contributed by atoms with Crippen molar-refractivity contribution >= 4 is 11.8 Å². The van der Waals surface area contributed by atoms with Gasteiger partial charge in [-0.05, 0) is 24.8 Å². The maximum absolute atomic E-state index is 12.3. The largest absolute Gasteiger partial charge is 0.406 e. The van der Waals surface area contributed by atoms with Gasteiger partial charge in [0.15, 0.2) is 0 Å². The number of nitrogens with zero attached hydrogens (tertiary/aromatic N) is 1. The Morgan fingerprint density at radius 3 is 2.61 bits per heavy atom. The van der Waals surface area contributed by atoms with Gasteiger partial charge in [-0.2, -0.15) is 13.2 Å². The highest BCUT2D eigenvalue weighted by atomic mass is 19.4. The van der Waals surface area contributed by atoms with Crippen LogP contribution in [0.3, 0.4) is 0 Å². The number of hydrogen-bond donors (Lipinski definition) is 1. The standard InChI is InChI=1S/C16H19F3N2O2/c17-16(18,19)11-21-10-9-13(15(21)23)20-14(22)8-4-7-12-5-2-1-3-6-12/h1-3,5-6,13H,4,7-11H2,(H,20,22)/t13-/m0/s1. The van der Waals surface area contributed by atoms with E-state index in [1.807, 2.05) is 30.3 Å². The fraction of sp³-hybridized carbons (Fsp3) is 0.500. The van der Waals surface area contributed by atoms with Crippen molar-refractivity contribution in [2.24, 2.45) is 0 Å². The number of likely N-dealkylation sites (tertiary alicyclic amines) is 1. The highest BCUT2D eigenvalue weighted by molar-refractivity contribution is 5.89. The van der Waals surface area contributed by atoms with Crippen molar-refractivity contribution in [3.05, 3.63) is 35.9 Å². The monoisotopic (exact) mass is 328 g/mol. The minimum Gasteiger partial charge on any atom is -0.344 e. The Hall–Kier alpha value is -2.05. The van der Waals surface area contributed by atoms with Crippen molar-refractivity contribution in [1.82, 2.24) is 10.2 Å². The summed E-state index contributed by atoms with van der Waals surface area (Å²) in [6, 6.07) is 8.85. The van der Waals surface area contributed by atoms with Crippen LogP contribution in [0.1, 0.15) is 24.8 Å². The van der Waals surface area contributed by atoms with Crippen molar-refractivity contribution in [2.75, 3.05) is 13.1 Å². The highest BCUT2D eigenvalue weighted by Gasteiger charge is 2.39. The predicted octanol–water partition coefficient (Wildman–Crippen LogP) is 2.29. The van der Waals surface area contributed by atoms with Crippen molar-refractivity contribution < 1.29 is 22.8 Å². The molecule has 1 aliphatic rings. The smallest absolute Gasteiger partial charge is 0.344 e. The van der Waals surface area contributed by atoms with E-state index in [-0.39, 0.29) is 25.3 Å². The number of nitrogens with one attached hydrogen (secondary N) is 1. The van der Waals surface area contributed by atoms with Crippen LogP contribution >= 0.6 is 0 Å². The molecule has 2 amide bonds. The molecule has 0 saturated carbocycles. The normalized spacial score (nSPS) is 18.3. The molecular formula is C16H19F3N2O2. The van der Waals surface area contributed by atoms with Gasteiger partial charge >= 0.3 is 6.18 Å². The Labute approximate surface area is 132 Å². The lowest BCUT2D eigenvalue weighted by Gasteiger charge is -2.18. The maximum Gasteiger partial charge on any atom is 0.406 e. The number of amides is 2. The molecule has 1 atom stereocenters. The van der Waals surface area contributed by atoms with Crippen LogP contribution in [0.2, 0.25) is 0 Å². The van der Waals surface area contributed by atoms with Crippen LogP contribution in [0, 0.1) is 0 Å². The predicted molar refractivity (Wildman–Crippen MR) is 78.6 cm³/mol. The van der Waals surface area contributed by atoms with E-state index in [0.717, 1.165) is 16.9 Å². The molecule has 1 aromatic rings. The van der Waals surface area contributed by atoms with Crippen LogP contribution in [-0.2, 0) is 16.0 Å². The van der Waals surface area contributed by atoms with Gasteiger partial charge in [0.25, 0.3) is 0 Å². The van der Waals surface area contributed by atoms with Gasteiger partial charge in [0, 0.05) is 13.0 Å². The van der Waals surface area contributed by atoms with Gasteiger partial charge in [0.1, 0.15) is 12.6 Å². The molecule has 1 aliphatic heterocycles. The first-order valence-electron chi connectivity index (χ1n) is 7.54. The zero-order valence-corrected chi connectivity index (χ0v) is 12.6. The first-order chi connectivity index (χ1) is 10.8. The number of carbonyl (C=O) groups is 2. The second-order valence-corrected chi connectivity index (χ2v) is 5.62. The quantitative estimate of drug-likeness (QED) is 0.871. The molecule has 1 N–H and O–H groups in total. The molecule has 23 heavy (non-hydrogen) atoms. The molecule has 2 rings (SSSR count). The van der Waals surface area contributed by atoms with Crippen LogP contribution in [-0.4, -0.2) is 42.0 Å². The SMILES string of the molecule is O=C(CCCc1ccccc1)N[C@H]1CCN(CC(F)(F)F)C1=O. The lowest BCUT2D eigenvalue weighted by atomic mass is 10.1. The number of benzene rings is 1. The van der Waals surface area contributed by atoms with Crippen LogP contribution in [0.25, 0.3) is 0 Å². The van der Waals surface area contributed by atoms with E-state index in [2.05, 4.69) is 5.32 Å². The number of rotatable bonds is 6. The van der Waals surface area contributed by atoms with E-state index in [1.165, 1.54) is 0 Å². The van der Waals surface area contributed by atoms with Crippen molar-refractivity contribution in [3.63, 3.8) is 0 Å². The summed E-state index contributed by atoms with van der Waals surface area (Å²) in [4.78, 5) is 24.4. The first-order valence-corrected chi connectivity index (χ1v) is 7.54. The van der Waals surface area contributed by atoms with E-state index >= 15 is 0 Å². The highest BCUT2D eigenvalue weighted by Crippen LogP contribution is 2.21. The molecular weight excluding hydrogens is 309 g/mol. The molecule has 126 valence electrons. The third-order valence-electron chi connectivity index (χ3n) is 3.71. The molecule has 4 nitrogen and oxygen atoms in total. The first kappa shape index (κ1) is 17.3. The lowest BCUT2D eigenvalue weighted by molar-refractivity contribution is -0.158. The van der Waals surface area contributed by atoms with E-state index in [0.29, 0.717) is 6.42 Å². The summed E-state index contributed by atoms with van der Waals surface area (Å²) >= 11 is 0. The fourth-order valence-corrected chi connectivity index (χ4v) is 2.61. The minimum absolute atomic E-state index is 0.0211. The Morgan fingerprint density at radius 1 is 1.26 bits per heavy atom. The van der Waals surface area contributed by atoms with E-state index in [4.69, 9.17) is 0 Å². The number of aryl methyl sites for hydroxylation is 1. The molecule has 1 fully saturated rings. The molecule has 7 heteroatoms. The molecule has 0 aromatic heterocycles.